The predicted molar refractivity (Wildman–Crippen MR) is 119 cm³/mol. The fraction of sp³-hybridized carbons (Fsp3) is 0.333. The van der Waals surface area contributed by atoms with Gasteiger partial charge in [0.05, 0.1) is 26.3 Å². The number of anilines is 1. The molecule has 0 aromatic heterocycles. The first kappa shape index (κ1) is 23.8. The number of esters is 1. The van der Waals surface area contributed by atoms with Crippen LogP contribution in [0.15, 0.2) is 42.5 Å². The van der Waals surface area contributed by atoms with E-state index in [-0.39, 0.29) is 18.9 Å². The van der Waals surface area contributed by atoms with Crippen LogP contribution in [0.2, 0.25) is 0 Å². The molecule has 0 spiro atoms. The molecule has 33 heavy (non-hydrogen) atoms. The molecule has 1 aliphatic heterocycles. The first-order valence-electron chi connectivity index (χ1n) is 10.4. The smallest absolute Gasteiger partial charge is 0.308 e. The van der Waals surface area contributed by atoms with Crippen LogP contribution in [-0.2, 0) is 25.6 Å². The molecule has 174 valence electrons. The Bertz CT molecular complexity index is 1060. The molecule has 3 amide bonds. The molecular formula is C24H26N2O7. The summed E-state index contributed by atoms with van der Waals surface area (Å²) in [5, 5.41) is 0. The van der Waals surface area contributed by atoms with Gasteiger partial charge < -0.3 is 19.1 Å². The number of ether oxygens (including phenoxy) is 3. The molecule has 1 heterocycles. The van der Waals surface area contributed by atoms with Gasteiger partial charge in [-0.3, -0.25) is 19.2 Å². The molecular weight excluding hydrogens is 428 g/mol. The number of benzene rings is 2. The van der Waals surface area contributed by atoms with Crippen LogP contribution < -0.4 is 19.1 Å². The molecule has 1 atom stereocenters. The highest BCUT2D eigenvalue weighted by Gasteiger charge is 2.43. The maximum Gasteiger partial charge on any atom is 0.308 e. The van der Waals surface area contributed by atoms with Gasteiger partial charge >= 0.3 is 5.97 Å². The lowest BCUT2D eigenvalue weighted by Gasteiger charge is -2.26. The summed E-state index contributed by atoms with van der Waals surface area (Å²) in [5.41, 5.74) is 1.25. The van der Waals surface area contributed by atoms with E-state index in [1.807, 2.05) is 12.1 Å². The third-order valence-corrected chi connectivity index (χ3v) is 5.35. The number of amides is 3. The second kappa shape index (κ2) is 10.2. The Labute approximate surface area is 191 Å². The van der Waals surface area contributed by atoms with E-state index in [0.717, 1.165) is 10.5 Å². The van der Waals surface area contributed by atoms with E-state index in [9.17, 15) is 19.2 Å². The van der Waals surface area contributed by atoms with E-state index >= 15 is 0 Å². The number of imide groups is 1. The van der Waals surface area contributed by atoms with E-state index in [1.54, 1.807) is 20.3 Å². The summed E-state index contributed by atoms with van der Waals surface area (Å²) in [6.07, 6.45) is 0.366. The number of hydrogen-bond donors (Lipinski definition) is 0. The first-order valence-corrected chi connectivity index (χ1v) is 10.4. The summed E-state index contributed by atoms with van der Waals surface area (Å²) in [7, 11) is 3.09. The highest BCUT2D eigenvalue weighted by Crippen LogP contribution is 2.29. The Kier molecular flexibility index (Phi) is 7.32. The third kappa shape index (κ3) is 5.31. The SMILES string of the molecule is COc1ccc(CCN(C(C)=O)C2CC(=O)N(c3ccc(OC(C)=O)cc3)C2=O)cc1OC. The van der Waals surface area contributed by atoms with Crippen molar-refractivity contribution in [1.29, 1.82) is 0 Å². The highest BCUT2D eigenvalue weighted by atomic mass is 16.5. The summed E-state index contributed by atoms with van der Waals surface area (Å²) >= 11 is 0. The maximum absolute atomic E-state index is 13.1. The second-order valence-corrected chi connectivity index (χ2v) is 7.53. The number of hydrogen-bond acceptors (Lipinski definition) is 7. The summed E-state index contributed by atoms with van der Waals surface area (Å²) in [6.45, 7) is 2.92. The molecule has 0 N–H and O–H groups in total. The van der Waals surface area contributed by atoms with Crippen LogP contribution in [0.25, 0.3) is 0 Å². The lowest BCUT2D eigenvalue weighted by molar-refractivity contribution is -0.136. The molecule has 2 aromatic rings. The number of rotatable bonds is 8. The van der Waals surface area contributed by atoms with Crippen molar-refractivity contribution in [2.75, 3.05) is 25.7 Å². The normalized spacial score (nSPS) is 15.4. The molecule has 0 aliphatic carbocycles. The van der Waals surface area contributed by atoms with Gasteiger partial charge in [-0.05, 0) is 48.4 Å². The van der Waals surface area contributed by atoms with Crippen LogP contribution in [0.5, 0.6) is 17.2 Å². The van der Waals surface area contributed by atoms with Crippen molar-refractivity contribution in [2.45, 2.75) is 32.7 Å². The average molecular weight is 454 g/mol. The van der Waals surface area contributed by atoms with Gasteiger partial charge in [-0.1, -0.05) is 6.07 Å². The second-order valence-electron chi connectivity index (χ2n) is 7.53. The number of carbonyl (C=O) groups is 4. The maximum atomic E-state index is 13.1. The van der Waals surface area contributed by atoms with E-state index in [0.29, 0.717) is 29.4 Å². The fourth-order valence-electron chi connectivity index (χ4n) is 3.78. The van der Waals surface area contributed by atoms with Crippen LogP contribution in [-0.4, -0.2) is 55.4 Å². The van der Waals surface area contributed by atoms with Crippen molar-refractivity contribution in [3.8, 4) is 17.2 Å². The summed E-state index contributed by atoms with van der Waals surface area (Å²) in [5.74, 6) is -0.166. The molecule has 1 unspecified atom stereocenters. The Morgan fingerprint density at radius 1 is 1.00 bits per heavy atom. The van der Waals surface area contributed by atoms with Crippen molar-refractivity contribution in [1.82, 2.24) is 4.90 Å². The van der Waals surface area contributed by atoms with Crippen LogP contribution >= 0.6 is 0 Å². The summed E-state index contributed by atoms with van der Waals surface area (Å²) in [4.78, 5) is 51.7. The minimum Gasteiger partial charge on any atom is -0.493 e. The lowest BCUT2D eigenvalue weighted by atomic mass is 10.1. The molecule has 0 saturated carbocycles. The number of methoxy groups -OCH3 is 2. The Balaban J connectivity index is 1.75. The van der Waals surface area contributed by atoms with Gasteiger partial charge in [0.15, 0.2) is 11.5 Å². The lowest BCUT2D eigenvalue weighted by Crippen LogP contribution is -2.45. The van der Waals surface area contributed by atoms with E-state index in [1.165, 1.54) is 43.0 Å². The van der Waals surface area contributed by atoms with E-state index in [4.69, 9.17) is 14.2 Å². The Hall–Kier alpha value is -3.88. The minimum absolute atomic E-state index is 0.101. The highest BCUT2D eigenvalue weighted by molar-refractivity contribution is 6.23. The van der Waals surface area contributed by atoms with E-state index in [2.05, 4.69) is 0 Å². The monoisotopic (exact) mass is 454 g/mol. The third-order valence-electron chi connectivity index (χ3n) is 5.35. The van der Waals surface area contributed by atoms with Crippen molar-refractivity contribution >= 4 is 29.4 Å². The van der Waals surface area contributed by atoms with Crippen LogP contribution in [0.3, 0.4) is 0 Å². The molecule has 9 nitrogen and oxygen atoms in total. The number of nitrogens with zero attached hydrogens (tertiary/aromatic N) is 2. The summed E-state index contributed by atoms with van der Waals surface area (Å²) < 4.78 is 15.5. The van der Waals surface area contributed by atoms with Gasteiger partial charge in [0.1, 0.15) is 11.8 Å². The molecule has 3 rings (SSSR count). The van der Waals surface area contributed by atoms with Crippen molar-refractivity contribution in [3.05, 3.63) is 48.0 Å². The van der Waals surface area contributed by atoms with Crippen molar-refractivity contribution in [2.24, 2.45) is 0 Å². The molecule has 2 aromatic carbocycles. The zero-order valence-corrected chi connectivity index (χ0v) is 19.0. The molecule has 1 aliphatic rings. The largest absolute Gasteiger partial charge is 0.493 e. The van der Waals surface area contributed by atoms with Crippen LogP contribution in [0.1, 0.15) is 25.8 Å². The van der Waals surface area contributed by atoms with E-state index < -0.39 is 23.8 Å². The molecule has 1 saturated heterocycles. The van der Waals surface area contributed by atoms with Gasteiger partial charge in [0.2, 0.25) is 11.8 Å². The Morgan fingerprint density at radius 2 is 1.67 bits per heavy atom. The minimum atomic E-state index is -0.886. The van der Waals surface area contributed by atoms with Gasteiger partial charge in [-0.15, -0.1) is 0 Å². The van der Waals surface area contributed by atoms with Gasteiger partial charge in [-0.25, -0.2) is 4.90 Å². The topological polar surface area (TPSA) is 102 Å². The standard InChI is InChI=1S/C24H26N2O7/c1-15(27)25(12-11-17-5-10-21(31-3)22(13-17)32-4)20-14-23(29)26(24(20)30)18-6-8-19(9-7-18)33-16(2)28/h5-10,13,20H,11-12,14H2,1-4H3. The van der Waals surface area contributed by atoms with Gasteiger partial charge in [0.25, 0.3) is 5.91 Å². The zero-order chi connectivity index (χ0) is 24.1. The van der Waals surface area contributed by atoms with Crippen molar-refractivity contribution < 1.29 is 33.4 Å². The number of carbonyl (C=O) groups excluding carboxylic acids is 4. The molecule has 0 bridgehead atoms. The van der Waals surface area contributed by atoms with Crippen molar-refractivity contribution in [3.63, 3.8) is 0 Å². The van der Waals surface area contributed by atoms with Crippen LogP contribution in [0, 0.1) is 0 Å². The summed E-state index contributed by atoms with van der Waals surface area (Å²) in [6, 6.07) is 10.6. The fourth-order valence-corrected chi connectivity index (χ4v) is 3.78. The zero-order valence-electron chi connectivity index (χ0n) is 19.0. The van der Waals surface area contributed by atoms with Crippen LogP contribution in [0.4, 0.5) is 5.69 Å². The molecule has 9 heteroatoms. The first-order chi connectivity index (χ1) is 15.7. The van der Waals surface area contributed by atoms with Gasteiger partial charge in [-0.2, -0.15) is 0 Å². The average Bonchev–Trinajstić information content (AvgIpc) is 3.07. The predicted octanol–water partition coefficient (Wildman–Crippen LogP) is 2.35. The molecule has 1 fully saturated rings. The molecule has 0 radical (unpaired) electrons. The Morgan fingerprint density at radius 3 is 2.24 bits per heavy atom. The van der Waals surface area contributed by atoms with Gasteiger partial charge in [0, 0.05) is 20.4 Å². The quantitative estimate of drug-likeness (QED) is 0.343.